The molecular weight excluding hydrogens is 300 g/mol. The summed E-state index contributed by atoms with van der Waals surface area (Å²) < 4.78 is 27.2. The number of nitrogens with one attached hydrogen (secondary N) is 1. The van der Waals surface area contributed by atoms with Gasteiger partial charge in [-0.25, -0.2) is 8.78 Å². The molecule has 0 amide bonds. The molecule has 1 aromatic heterocycles. The highest BCUT2D eigenvalue weighted by Gasteiger charge is 2.18. The Morgan fingerprint density at radius 1 is 1.25 bits per heavy atom. The van der Waals surface area contributed by atoms with Gasteiger partial charge >= 0.3 is 0 Å². The number of halogens is 3. The molecule has 1 aromatic carbocycles. The molecule has 0 aliphatic carbocycles. The minimum absolute atomic E-state index is 0.166. The Morgan fingerprint density at radius 2 is 2.00 bits per heavy atom. The molecule has 20 heavy (non-hydrogen) atoms. The maximum Gasteiger partial charge on any atom is 0.159 e. The van der Waals surface area contributed by atoms with Crippen LogP contribution in [0.3, 0.4) is 0 Å². The number of aryl methyl sites for hydroxylation is 1. The Kier molecular flexibility index (Phi) is 5.13. The summed E-state index contributed by atoms with van der Waals surface area (Å²) in [4.78, 5) is 1.01. The van der Waals surface area contributed by atoms with Crippen molar-refractivity contribution in [3.05, 3.63) is 56.2 Å². The average molecular weight is 316 g/mol. The molecule has 1 N–H and O–H groups in total. The van der Waals surface area contributed by atoms with Gasteiger partial charge in [0.25, 0.3) is 0 Å². The van der Waals surface area contributed by atoms with Gasteiger partial charge in [-0.05, 0) is 49.2 Å². The van der Waals surface area contributed by atoms with Crippen molar-refractivity contribution in [2.75, 3.05) is 6.54 Å². The van der Waals surface area contributed by atoms with Gasteiger partial charge in [-0.1, -0.05) is 24.6 Å². The van der Waals surface area contributed by atoms with Gasteiger partial charge in [0.15, 0.2) is 11.6 Å². The Bertz CT molecular complexity index is 578. The zero-order chi connectivity index (χ0) is 14.7. The number of hydrogen-bond donors (Lipinski definition) is 1. The number of thiophene rings is 1. The predicted molar refractivity (Wildman–Crippen MR) is 80.6 cm³/mol. The molecule has 2 aromatic rings. The molecule has 0 spiro atoms. The normalized spacial score (nSPS) is 12.7. The molecule has 0 saturated carbocycles. The lowest BCUT2D eigenvalue weighted by molar-refractivity contribution is 0.503. The summed E-state index contributed by atoms with van der Waals surface area (Å²) in [5, 5.41) is 3.35. The highest BCUT2D eigenvalue weighted by atomic mass is 35.5. The summed E-state index contributed by atoms with van der Waals surface area (Å²) in [5.74, 6) is -1.66. The fraction of sp³-hybridized carbons (Fsp3) is 0.333. The Labute approximate surface area is 126 Å². The van der Waals surface area contributed by atoms with Crippen LogP contribution in [-0.2, 0) is 0 Å². The highest BCUT2D eigenvalue weighted by molar-refractivity contribution is 7.16. The van der Waals surface area contributed by atoms with E-state index in [2.05, 4.69) is 12.2 Å². The minimum atomic E-state index is -0.830. The van der Waals surface area contributed by atoms with Crippen molar-refractivity contribution in [2.45, 2.75) is 26.3 Å². The van der Waals surface area contributed by atoms with E-state index in [1.54, 1.807) is 6.07 Å². The van der Waals surface area contributed by atoms with Crippen LogP contribution in [0.15, 0.2) is 24.3 Å². The third-order valence-corrected chi connectivity index (χ3v) is 4.66. The van der Waals surface area contributed by atoms with Crippen molar-refractivity contribution < 1.29 is 8.78 Å². The molecule has 0 saturated heterocycles. The topological polar surface area (TPSA) is 12.0 Å². The Balaban J connectivity index is 2.38. The first-order chi connectivity index (χ1) is 9.52. The van der Waals surface area contributed by atoms with E-state index in [-0.39, 0.29) is 6.04 Å². The minimum Gasteiger partial charge on any atom is -0.306 e. The third-order valence-electron chi connectivity index (χ3n) is 3.04. The van der Waals surface area contributed by atoms with Crippen molar-refractivity contribution in [2.24, 2.45) is 0 Å². The van der Waals surface area contributed by atoms with Crippen LogP contribution in [0.1, 0.15) is 35.4 Å². The van der Waals surface area contributed by atoms with E-state index < -0.39 is 11.6 Å². The standard InChI is InChI=1S/C15H16ClF2NS/c1-3-6-19-14(13-7-9(2)15(16)20-13)10-4-5-11(17)12(18)8-10/h4-5,7-8,14,19H,3,6H2,1-2H3. The Hall–Kier alpha value is -0.970. The second-order valence-electron chi connectivity index (χ2n) is 4.67. The molecule has 5 heteroatoms. The lowest BCUT2D eigenvalue weighted by Crippen LogP contribution is -2.22. The summed E-state index contributed by atoms with van der Waals surface area (Å²) >= 11 is 7.57. The number of hydrogen-bond acceptors (Lipinski definition) is 2. The van der Waals surface area contributed by atoms with Gasteiger partial charge in [0, 0.05) is 4.88 Å². The van der Waals surface area contributed by atoms with Gasteiger partial charge in [0.1, 0.15) is 0 Å². The molecule has 1 atom stereocenters. The lowest BCUT2D eigenvalue weighted by atomic mass is 10.0. The summed E-state index contributed by atoms with van der Waals surface area (Å²) in [6.07, 6.45) is 0.957. The molecule has 1 nitrogen and oxygen atoms in total. The maximum absolute atomic E-state index is 13.4. The fourth-order valence-corrected chi connectivity index (χ4v) is 3.31. The summed E-state index contributed by atoms with van der Waals surface area (Å²) in [5.41, 5.74) is 1.70. The maximum atomic E-state index is 13.4. The zero-order valence-electron chi connectivity index (χ0n) is 11.3. The molecule has 0 fully saturated rings. The van der Waals surface area contributed by atoms with Gasteiger partial charge in [-0.2, -0.15) is 0 Å². The Morgan fingerprint density at radius 3 is 2.55 bits per heavy atom. The van der Waals surface area contributed by atoms with Crippen LogP contribution in [0.5, 0.6) is 0 Å². The molecule has 1 unspecified atom stereocenters. The fourth-order valence-electron chi connectivity index (χ4n) is 1.99. The van der Waals surface area contributed by atoms with Crippen LogP contribution >= 0.6 is 22.9 Å². The monoisotopic (exact) mass is 315 g/mol. The second kappa shape index (κ2) is 6.66. The quantitative estimate of drug-likeness (QED) is 0.811. The van der Waals surface area contributed by atoms with E-state index in [0.29, 0.717) is 5.56 Å². The molecular formula is C15H16ClF2NS. The average Bonchev–Trinajstić information content (AvgIpc) is 2.74. The molecule has 2 rings (SSSR count). The second-order valence-corrected chi connectivity index (χ2v) is 6.35. The zero-order valence-corrected chi connectivity index (χ0v) is 12.9. The van der Waals surface area contributed by atoms with Crippen LogP contribution in [0.2, 0.25) is 4.34 Å². The van der Waals surface area contributed by atoms with Crippen LogP contribution < -0.4 is 5.32 Å². The van der Waals surface area contributed by atoms with E-state index >= 15 is 0 Å². The summed E-state index contributed by atoms with van der Waals surface area (Å²) in [6.45, 7) is 4.78. The van der Waals surface area contributed by atoms with Crippen LogP contribution in [-0.4, -0.2) is 6.54 Å². The smallest absolute Gasteiger partial charge is 0.159 e. The first-order valence-corrected chi connectivity index (χ1v) is 7.66. The van der Waals surface area contributed by atoms with Gasteiger partial charge in [-0.3, -0.25) is 0 Å². The number of benzene rings is 1. The van der Waals surface area contributed by atoms with Crippen molar-refractivity contribution >= 4 is 22.9 Å². The van der Waals surface area contributed by atoms with E-state index in [1.807, 2.05) is 13.0 Å². The van der Waals surface area contributed by atoms with E-state index in [0.717, 1.165) is 33.8 Å². The van der Waals surface area contributed by atoms with Crippen molar-refractivity contribution in [1.82, 2.24) is 5.32 Å². The van der Waals surface area contributed by atoms with Gasteiger partial charge in [0.2, 0.25) is 0 Å². The van der Waals surface area contributed by atoms with Crippen LogP contribution in [0.25, 0.3) is 0 Å². The third kappa shape index (κ3) is 3.37. The van der Waals surface area contributed by atoms with E-state index in [4.69, 9.17) is 11.6 Å². The molecule has 1 heterocycles. The lowest BCUT2D eigenvalue weighted by Gasteiger charge is -2.18. The van der Waals surface area contributed by atoms with Gasteiger partial charge in [0.05, 0.1) is 10.4 Å². The number of rotatable bonds is 5. The molecule has 0 aliphatic rings. The van der Waals surface area contributed by atoms with E-state index in [9.17, 15) is 8.78 Å². The summed E-state index contributed by atoms with van der Waals surface area (Å²) in [7, 11) is 0. The van der Waals surface area contributed by atoms with Crippen molar-refractivity contribution in [3.63, 3.8) is 0 Å². The molecule has 0 aliphatic heterocycles. The molecule has 108 valence electrons. The van der Waals surface area contributed by atoms with Crippen LogP contribution in [0, 0.1) is 18.6 Å². The molecule has 0 radical (unpaired) electrons. The first-order valence-electron chi connectivity index (χ1n) is 6.47. The predicted octanol–water partition coefficient (Wildman–Crippen LogP) is 5.08. The highest BCUT2D eigenvalue weighted by Crippen LogP contribution is 2.34. The summed E-state index contributed by atoms with van der Waals surface area (Å²) in [6, 6.07) is 5.83. The van der Waals surface area contributed by atoms with Gasteiger partial charge < -0.3 is 5.32 Å². The SMILES string of the molecule is CCCNC(c1ccc(F)c(F)c1)c1cc(C)c(Cl)s1. The van der Waals surface area contributed by atoms with E-state index in [1.165, 1.54) is 17.4 Å². The largest absolute Gasteiger partial charge is 0.306 e. The molecule has 0 bridgehead atoms. The van der Waals surface area contributed by atoms with Crippen molar-refractivity contribution in [3.8, 4) is 0 Å². The van der Waals surface area contributed by atoms with Crippen molar-refractivity contribution in [1.29, 1.82) is 0 Å². The van der Waals surface area contributed by atoms with Crippen LogP contribution in [0.4, 0.5) is 8.78 Å². The van der Waals surface area contributed by atoms with Gasteiger partial charge in [-0.15, -0.1) is 11.3 Å². The first kappa shape index (κ1) is 15.4.